The zero-order chi connectivity index (χ0) is 23.8. The monoisotopic (exact) mass is 474 g/mol. The van der Waals surface area contributed by atoms with Crippen LogP contribution in [-0.2, 0) is 13.0 Å². The number of halogens is 1. The molecular formula is C28H27ClN2O3. The fourth-order valence-electron chi connectivity index (χ4n) is 4.38. The van der Waals surface area contributed by atoms with E-state index in [4.69, 9.17) is 21.1 Å². The molecular weight excluding hydrogens is 448 g/mol. The third-order valence-electron chi connectivity index (χ3n) is 6.32. The van der Waals surface area contributed by atoms with Crippen molar-refractivity contribution in [1.82, 2.24) is 4.90 Å². The van der Waals surface area contributed by atoms with E-state index in [1.807, 2.05) is 86.6 Å². The summed E-state index contributed by atoms with van der Waals surface area (Å²) >= 11 is 6.00. The maximum absolute atomic E-state index is 13.2. The number of allylic oxidation sites excluding steroid dienone is 1. The number of hydrogen-bond donors (Lipinski definition) is 0. The second-order valence-corrected chi connectivity index (χ2v) is 9.44. The first-order valence-electron chi connectivity index (χ1n) is 11.4. The highest BCUT2D eigenvalue weighted by Gasteiger charge is 2.35. The molecule has 0 unspecified atom stereocenters. The smallest absolute Gasteiger partial charge is 0.232 e. The summed E-state index contributed by atoms with van der Waals surface area (Å²) in [5, 5.41) is 0.740. The summed E-state index contributed by atoms with van der Waals surface area (Å²) < 4.78 is 12.2. The number of carbonyl (C=O) groups excluding carboxylic acids is 1. The summed E-state index contributed by atoms with van der Waals surface area (Å²) in [5.41, 5.74) is 5.70. The first-order valence-corrected chi connectivity index (χ1v) is 11.7. The molecule has 6 heteroatoms. The number of aryl methyl sites for hydroxylation is 1. The highest BCUT2D eigenvalue weighted by atomic mass is 35.5. The van der Waals surface area contributed by atoms with Crippen molar-refractivity contribution >= 4 is 29.1 Å². The molecule has 0 amide bonds. The van der Waals surface area contributed by atoms with Crippen LogP contribution in [0.4, 0.5) is 5.69 Å². The minimum atomic E-state index is -0.0785. The molecule has 34 heavy (non-hydrogen) atoms. The van der Waals surface area contributed by atoms with Gasteiger partial charge in [-0.25, -0.2) is 0 Å². The number of anilines is 1. The van der Waals surface area contributed by atoms with E-state index in [1.165, 1.54) is 5.56 Å². The predicted molar refractivity (Wildman–Crippen MR) is 136 cm³/mol. The zero-order valence-electron chi connectivity index (χ0n) is 19.6. The van der Waals surface area contributed by atoms with Gasteiger partial charge < -0.3 is 14.4 Å². The minimum Gasteiger partial charge on any atom is -0.478 e. The molecule has 174 valence electrons. The average Bonchev–Trinajstić information content (AvgIpc) is 3.16. The molecule has 2 aliphatic heterocycles. The van der Waals surface area contributed by atoms with Crippen LogP contribution in [0, 0.1) is 6.92 Å². The lowest BCUT2D eigenvalue weighted by molar-refractivity contribution is 0.0949. The molecule has 0 aliphatic carbocycles. The normalized spacial score (nSPS) is 16.1. The van der Waals surface area contributed by atoms with Gasteiger partial charge in [-0.2, -0.15) is 0 Å². The largest absolute Gasteiger partial charge is 0.478 e. The Morgan fingerprint density at radius 1 is 1.09 bits per heavy atom. The number of ketones is 1. The molecule has 0 saturated carbocycles. The fourth-order valence-corrected chi connectivity index (χ4v) is 4.50. The van der Waals surface area contributed by atoms with E-state index in [0.717, 1.165) is 46.1 Å². The third kappa shape index (κ3) is 4.41. The molecule has 5 rings (SSSR count). The van der Waals surface area contributed by atoms with Gasteiger partial charge in [-0.05, 0) is 66.4 Å². The number of nitrogens with zero attached hydrogens (tertiary/aromatic N) is 2. The molecule has 0 saturated heterocycles. The van der Waals surface area contributed by atoms with Gasteiger partial charge in [0.15, 0.2) is 5.76 Å². The predicted octanol–water partition coefficient (Wildman–Crippen LogP) is 5.73. The third-order valence-corrected chi connectivity index (χ3v) is 6.58. The van der Waals surface area contributed by atoms with E-state index in [2.05, 4.69) is 4.90 Å². The van der Waals surface area contributed by atoms with Gasteiger partial charge in [-0.3, -0.25) is 9.69 Å². The number of rotatable bonds is 5. The molecule has 0 atom stereocenters. The first kappa shape index (κ1) is 22.5. The van der Waals surface area contributed by atoms with Crippen molar-refractivity contribution in [2.45, 2.75) is 19.9 Å². The van der Waals surface area contributed by atoms with E-state index >= 15 is 0 Å². The van der Waals surface area contributed by atoms with Crippen LogP contribution in [0.1, 0.15) is 32.6 Å². The molecule has 3 aromatic carbocycles. The Kier molecular flexibility index (Phi) is 6.07. The fraction of sp³-hybridized carbons (Fsp3) is 0.250. The van der Waals surface area contributed by atoms with Crippen LogP contribution in [0.15, 0.2) is 60.4 Å². The second-order valence-electron chi connectivity index (χ2n) is 9.00. The standard InChI is InChI=1S/C28H27ClN2O3/c1-18-14-24-23(16-31(17-33-24)13-12-19-4-8-21(29)9-5-19)28-26(18)27(32)25(34-28)15-20-6-10-22(11-7-20)30(2)3/h4-11,14-15H,12-13,16-17H2,1-3H3/b25-15+. The van der Waals surface area contributed by atoms with E-state index < -0.39 is 0 Å². The molecule has 0 N–H and O–H groups in total. The summed E-state index contributed by atoms with van der Waals surface area (Å²) in [6, 6.07) is 17.9. The van der Waals surface area contributed by atoms with Gasteiger partial charge in [0.1, 0.15) is 18.2 Å². The van der Waals surface area contributed by atoms with Crippen molar-refractivity contribution in [3.05, 3.63) is 93.2 Å². The van der Waals surface area contributed by atoms with Crippen LogP contribution in [-0.4, -0.2) is 38.1 Å². The Morgan fingerprint density at radius 2 is 1.82 bits per heavy atom. The molecule has 0 fully saturated rings. The summed E-state index contributed by atoms with van der Waals surface area (Å²) in [4.78, 5) is 17.5. The first-order chi connectivity index (χ1) is 16.4. The number of hydrogen-bond acceptors (Lipinski definition) is 5. The lowest BCUT2D eigenvalue weighted by Crippen LogP contribution is -2.33. The van der Waals surface area contributed by atoms with Gasteiger partial charge in [0.2, 0.25) is 5.78 Å². The maximum Gasteiger partial charge on any atom is 0.232 e. The molecule has 2 heterocycles. The van der Waals surface area contributed by atoms with Gasteiger partial charge >= 0.3 is 0 Å². The van der Waals surface area contributed by atoms with Crippen LogP contribution >= 0.6 is 11.6 Å². The van der Waals surface area contributed by atoms with Crippen LogP contribution in [0.5, 0.6) is 11.5 Å². The van der Waals surface area contributed by atoms with Crippen molar-refractivity contribution in [3.63, 3.8) is 0 Å². The van der Waals surface area contributed by atoms with Crippen LogP contribution in [0.3, 0.4) is 0 Å². The summed E-state index contributed by atoms with van der Waals surface area (Å²) in [5.74, 6) is 1.70. The summed E-state index contributed by atoms with van der Waals surface area (Å²) in [7, 11) is 4.00. The quantitative estimate of drug-likeness (QED) is 0.442. The molecule has 0 radical (unpaired) electrons. The summed E-state index contributed by atoms with van der Waals surface area (Å²) in [6.07, 6.45) is 2.70. The van der Waals surface area contributed by atoms with Gasteiger partial charge in [-0.1, -0.05) is 35.9 Å². The SMILES string of the molecule is Cc1cc2c(c3c1C(=O)/C(=C\c1ccc(N(C)C)cc1)O3)CN(CCc1ccc(Cl)cc1)CO2. The highest BCUT2D eigenvalue weighted by molar-refractivity contribution is 6.30. The van der Waals surface area contributed by atoms with E-state index in [9.17, 15) is 4.79 Å². The topological polar surface area (TPSA) is 42.0 Å². The number of Topliss-reactive ketones (excluding diaryl/α,β-unsaturated/α-hetero) is 1. The Hall–Kier alpha value is -3.28. The van der Waals surface area contributed by atoms with Crippen LogP contribution in [0.2, 0.25) is 5.02 Å². The van der Waals surface area contributed by atoms with Crippen molar-refractivity contribution in [1.29, 1.82) is 0 Å². The molecule has 0 bridgehead atoms. The minimum absolute atomic E-state index is 0.0785. The highest BCUT2D eigenvalue weighted by Crippen LogP contribution is 2.44. The van der Waals surface area contributed by atoms with Gasteiger partial charge in [0.25, 0.3) is 0 Å². The Bertz CT molecular complexity index is 1260. The van der Waals surface area contributed by atoms with Crippen molar-refractivity contribution in [2.24, 2.45) is 0 Å². The average molecular weight is 475 g/mol. The Morgan fingerprint density at radius 3 is 2.53 bits per heavy atom. The van der Waals surface area contributed by atoms with E-state index in [1.54, 1.807) is 0 Å². The van der Waals surface area contributed by atoms with Crippen molar-refractivity contribution < 1.29 is 14.3 Å². The number of carbonyl (C=O) groups is 1. The molecule has 5 nitrogen and oxygen atoms in total. The van der Waals surface area contributed by atoms with Gasteiger partial charge in [0, 0.05) is 37.9 Å². The molecule has 0 spiro atoms. The molecule has 0 aromatic heterocycles. The second kappa shape index (κ2) is 9.16. The van der Waals surface area contributed by atoms with Crippen LogP contribution in [0.25, 0.3) is 6.08 Å². The Labute approximate surface area is 205 Å². The van der Waals surface area contributed by atoms with Gasteiger partial charge in [0.05, 0.1) is 11.1 Å². The van der Waals surface area contributed by atoms with Gasteiger partial charge in [-0.15, -0.1) is 0 Å². The molecule has 2 aliphatic rings. The maximum atomic E-state index is 13.2. The van der Waals surface area contributed by atoms with Crippen LogP contribution < -0.4 is 14.4 Å². The number of ether oxygens (including phenoxy) is 2. The number of benzene rings is 3. The zero-order valence-corrected chi connectivity index (χ0v) is 20.4. The number of fused-ring (bicyclic) bond motifs is 3. The summed E-state index contributed by atoms with van der Waals surface area (Å²) in [6.45, 7) is 3.95. The molecule has 3 aromatic rings. The van der Waals surface area contributed by atoms with E-state index in [0.29, 0.717) is 30.3 Å². The van der Waals surface area contributed by atoms with Crippen molar-refractivity contribution in [2.75, 3.05) is 32.3 Å². The lowest BCUT2D eigenvalue weighted by Gasteiger charge is -2.30. The lowest BCUT2D eigenvalue weighted by atomic mass is 9.98. The van der Waals surface area contributed by atoms with E-state index in [-0.39, 0.29) is 5.78 Å². The Balaban J connectivity index is 1.37. The van der Waals surface area contributed by atoms with Crippen molar-refractivity contribution in [3.8, 4) is 11.5 Å².